The van der Waals surface area contributed by atoms with Crippen molar-refractivity contribution in [2.75, 3.05) is 18.1 Å². The van der Waals surface area contributed by atoms with E-state index in [1.807, 2.05) is 0 Å². The van der Waals surface area contributed by atoms with Gasteiger partial charge in [-0.25, -0.2) is 4.79 Å². The molecule has 2 amide bonds. The number of carbonyl (C=O) groups excluding carboxylic acids is 1. The van der Waals surface area contributed by atoms with Gasteiger partial charge in [-0.2, -0.15) is 11.8 Å². The minimum atomic E-state index is -0.892. The first-order valence-electron chi connectivity index (χ1n) is 5.72. The lowest BCUT2D eigenvalue weighted by Crippen LogP contribution is -2.55. The summed E-state index contributed by atoms with van der Waals surface area (Å²) in [6.45, 7) is 4.01. The topological polar surface area (TPSA) is 69.6 Å². The second-order valence-electron chi connectivity index (χ2n) is 4.72. The number of thioether (sulfide) groups is 1. The van der Waals surface area contributed by atoms with Gasteiger partial charge >= 0.3 is 12.0 Å². The quantitative estimate of drug-likeness (QED) is 0.751. The Labute approximate surface area is 111 Å². The Balaban J connectivity index is 2.69. The first-order chi connectivity index (χ1) is 8.35. The molecule has 0 spiro atoms. The molecule has 0 aromatic rings. The summed E-state index contributed by atoms with van der Waals surface area (Å²) in [6, 6.07) is -0.556. The zero-order valence-corrected chi connectivity index (χ0v) is 11.4. The second-order valence-corrected chi connectivity index (χ2v) is 5.87. The smallest absolute Gasteiger partial charge is 0.318 e. The third kappa shape index (κ3) is 4.15. The molecule has 1 atom stereocenters. The molecule has 1 unspecified atom stereocenters. The number of hydrogen-bond acceptors (Lipinski definition) is 3. The van der Waals surface area contributed by atoms with Crippen molar-refractivity contribution in [1.29, 1.82) is 0 Å². The summed E-state index contributed by atoms with van der Waals surface area (Å²) < 4.78 is 0. The Morgan fingerprint density at radius 2 is 2.28 bits per heavy atom. The highest BCUT2D eigenvalue weighted by Gasteiger charge is 2.31. The van der Waals surface area contributed by atoms with Gasteiger partial charge < -0.3 is 15.3 Å². The van der Waals surface area contributed by atoms with Crippen molar-refractivity contribution in [3.63, 3.8) is 0 Å². The van der Waals surface area contributed by atoms with E-state index in [0.717, 1.165) is 5.75 Å². The molecule has 0 aromatic carbocycles. The largest absolute Gasteiger partial charge is 0.481 e. The van der Waals surface area contributed by atoms with Gasteiger partial charge in [-0.1, -0.05) is 5.92 Å². The Kier molecular flexibility index (Phi) is 4.91. The van der Waals surface area contributed by atoms with Crippen molar-refractivity contribution in [2.24, 2.45) is 0 Å². The van der Waals surface area contributed by atoms with Gasteiger partial charge in [-0.3, -0.25) is 4.79 Å². The van der Waals surface area contributed by atoms with Gasteiger partial charge in [0, 0.05) is 18.1 Å². The summed E-state index contributed by atoms with van der Waals surface area (Å²) in [4.78, 5) is 24.4. The maximum atomic E-state index is 12.1. The minimum absolute atomic E-state index is 0.0309. The standard InChI is InChI=1S/C12H18N2O3S/c1-4-12(2,3)13-11(17)14-5-6-18-8-9(14)7-10(15)16/h1,9H,5-8H2,2-3H3,(H,13,17)(H,15,16). The summed E-state index contributed by atoms with van der Waals surface area (Å²) >= 11 is 1.66. The Morgan fingerprint density at radius 3 is 2.83 bits per heavy atom. The molecule has 0 radical (unpaired) electrons. The molecule has 5 nitrogen and oxygen atoms in total. The van der Waals surface area contributed by atoms with Gasteiger partial charge in [0.25, 0.3) is 0 Å². The number of nitrogens with one attached hydrogen (secondary N) is 1. The predicted octanol–water partition coefficient (Wildman–Crippen LogP) is 1.000. The van der Waals surface area contributed by atoms with Gasteiger partial charge in [0.15, 0.2) is 0 Å². The van der Waals surface area contributed by atoms with Crippen LogP contribution in [0.3, 0.4) is 0 Å². The van der Waals surface area contributed by atoms with Crippen LogP contribution in [0.15, 0.2) is 0 Å². The molecule has 0 aromatic heterocycles. The molecule has 0 saturated carbocycles. The van der Waals surface area contributed by atoms with Gasteiger partial charge in [-0.15, -0.1) is 6.42 Å². The van der Waals surface area contributed by atoms with Crippen LogP contribution in [0.2, 0.25) is 0 Å². The third-order valence-corrected chi connectivity index (χ3v) is 3.77. The highest BCUT2D eigenvalue weighted by atomic mass is 32.2. The maximum absolute atomic E-state index is 12.1. The monoisotopic (exact) mass is 270 g/mol. The Morgan fingerprint density at radius 1 is 1.61 bits per heavy atom. The molecule has 0 bridgehead atoms. The molecule has 100 valence electrons. The number of aliphatic carboxylic acids is 1. The number of urea groups is 1. The molecule has 2 N–H and O–H groups in total. The zero-order chi connectivity index (χ0) is 13.8. The molecule has 1 heterocycles. The Bertz CT molecular complexity index is 376. The van der Waals surface area contributed by atoms with Gasteiger partial charge in [0.05, 0.1) is 18.0 Å². The van der Waals surface area contributed by atoms with E-state index in [0.29, 0.717) is 12.3 Å². The fraction of sp³-hybridized carbons (Fsp3) is 0.667. The minimum Gasteiger partial charge on any atom is -0.481 e. The van der Waals surface area contributed by atoms with Crippen molar-refractivity contribution < 1.29 is 14.7 Å². The first kappa shape index (κ1) is 14.7. The zero-order valence-electron chi connectivity index (χ0n) is 10.6. The van der Waals surface area contributed by atoms with Crippen molar-refractivity contribution in [1.82, 2.24) is 10.2 Å². The summed E-state index contributed by atoms with van der Waals surface area (Å²) in [5, 5.41) is 11.6. The van der Waals surface area contributed by atoms with Crippen molar-refractivity contribution in [3.05, 3.63) is 0 Å². The molecule has 18 heavy (non-hydrogen) atoms. The van der Waals surface area contributed by atoms with Gasteiger partial charge in [0.1, 0.15) is 0 Å². The molecule has 6 heteroatoms. The summed E-state index contributed by atoms with van der Waals surface area (Å²) in [7, 11) is 0. The predicted molar refractivity (Wildman–Crippen MR) is 71.5 cm³/mol. The van der Waals surface area contributed by atoms with Crippen molar-refractivity contribution >= 4 is 23.8 Å². The summed E-state index contributed by atoms with van der Waals surface area (Å²) in [5.41, 5.74) is -0.727. The van der Waals surface area contributed by atoms with E-state index in [-0.39, 0.29) is 18.5 Å². The van der Waals surface area contributed by atoms with Crippen molar-refractivity contribution in [3.8, 4) is 12.3 Å². The lowest BCUT2D eigenvalue weighted by Gasteiger charge is -2.36. The van der Waals surface area contributed by atoms with Crippen LogP contribution in [0.1, 0.15) is 20.3 Å². The average molecular weight is 270 g/mol. The number of nitrogens with zero attached hydrogens (tertiary/aromatic N) is 1. The SMILES string of the molecule is C#CC(C)(C)NC(=O)N1CCSCC1CC(=O)O. The summed E-state index contributed by atoms with van der Waals surface area (Å²) in [5.74, 6) is 3.06. The molecule has 1 aliphatic rings. The van der Waals surface area contributed by atoms with E-state index in [9.17, 15) is 9.59 Å². The van der Waals surface area contributed by atoms with E-state index in [1.165, 1.54) is 0 Å². The fourth-order valence-corrected chi connectivity index (χ4v) is 2.73. The van der Waals surface area contributed by atoms with Crippen LogP contribution in [-0.4, -0.2) is 51.6 Å². The highest BCUT2D eigenvalue weighted by molar-refractivity contribution is 7.99. The van der Waals surface area contributed by atoms with E-state index < -0.39 is 11.5 Å². The Hall–Kier alpha value is -1.35. The molecule has 1 saturated heterocycles. The van der Waals surface area contributed by atoms with Gasteiger partial charge in [0.2, 0.25) is 0 Å². The molecular formula is C12H18N2O3S. The van der Waals surface area contributed by atoms with E-state index >= 15 is 0 Å². The van der Waals surface area contributed by atoms with Crippen molar-refractivity contribution in [2.45, 2.75) is 31.8 Å². The number of amides is 2. The maximum Gasteiger partial charge on any atom is 0.318 e. The number of hydrogen-bond donors (Lipinski definition) is 2. The first-order valence-corrected chi connectivity index (χ1v) is 6.87. The van der Waals surface area contributed by atoms with Crippen LogP contribution in [0.5, 0.6) is 0 Å². The number of rotatable bonds is 3. The average Bonchev–Trinajstić information content (AvgIpc) is 2.28. The number of terminal acetylenes is 1. The molecular weight excluding hydrogens is 252 g/mol. The van der Waals surface area contributed by atoms with Crippen LogP contribution < -0.4 is 5.32 Å². The molecule has 1 aliphatic heterocycles. The lowest BCUT2D eigenvalue weighted by molar-refractivity contribution is -0.137. The van der Waals surface area contributed by atoms with Crippen LogP contribution in [-0.2, 0) is 4.79 Å². The van der Waals surface area contributed by atoms with Crippen LogP contribution in [0, 0.1) is 12.3 Å². The normalized spacial score (nSPS) is 20.1. The molecule has 1 fully saturated rings. The molecule has 1 rings (SSSR count). The third-order valence-electron chi connectivity index (χ3n) is 2.68. The number of carboxylic acid groups (broad SMARTS) is 1. The lowest BCUT2D eigenvalue weighted by atomic mass is 10.1. The van der Waals surface area contributed by atoms with Crippen LogP contribution in [0.25, 0.3) is 0 Å². The second kappa shape index (κ2) is 6.01. The number of carbonyl (C=O) groups is 2. The van der Waals surface area contributed by atoms with E-state index in [4.69, 9.17) is 11.5 Å². The fourth-order valence-electron chi connectivity index (χ4n) is 1.67. The number of carboxylic acids is 1. The van der Waals surface area contributed by atoms with Crippen LogP contribution >= 0.6 is 11.8 Å². The highest BCUT2D eigenvalue weighted by Crippen LogP contribution is 2.19. The van der Waals surface area contributed by atoms with E-state index in [1.54, 1.807) is 30.5 Å². The molecule has 0 aliphatic carbocycles. The summed E-state index contributed by atoms with van der Waals surface area (Å²) in [6.07, 6.45) is 5.29. The van der Waals surface area contributed by atoms with Gasteiger partial charge in [-0.05, 0) is 13.8 Å². The van der Waals surface area contributed by atoms with Crippen LogP contribution in [0.4, 0.5) is 4.79 Å². The van der Waals surface area contributed by atoms with E-state index in [2.05, 4.69) is 11.2 Å².